The van der Waals surface area contributed by atoms with Crippen LogP contribution in [-0.4, -0.2) is 40.1 Å². The Labute approximate surface area is 171 Å². The Kier molecular flexibility index (Phi) is 4.15. The Balaban J connectivity index is 1.49. The van der Waals surface area contributed by atoms with Gasteiger partial charge in [0.1, 0.15) is 5.01 Å². The van der Waals surface area contributed by atoms with E-state index in [1.54, 1.807) is 17.4 Å². The number of aromatic nitrogens is 1. The summed E-state index contributed by atoms with van der Waals surface area (Å²) in [7, 11) is 1.97. The summed E-state index contributed by atoms with van der Waals surface area (Å²) in [6.07, 6.45) is 13.0. The lowest BCUT2D eigenvalue weighted by molar-refractivity contribution is -0.140. The maximum Gasteiger partial charge on any atom is 0.246 e. The molecule has 3 saturated carbocycles. The highest BCUT2D eigenvalue weighted by Crippen LogP contribution is 2.64. The number of carbonyl (C=O) groups is 1. The van der Waals surface area contributed by atoms with Crippen LogP contribution in [0, 0.1) is 28.6 Å². The van der Waals surface area contributed by atoms with Gasteiger partial charge in [-0.2, -0.15) is 0 Å². The number of fused-ring (bicyclic) bond motifs is 5. The second kappa shape index (κ2) is 6.27. The summed E-state index contributed by atoms with van der Waals surface area (Å²) < 4.78 is 0. The monoisotopic (exact) mass is 398 g/mol. The molecule has 1 aromatic rings. The van der Waals surface area contributed by atoms with Gasteiger partial charge in [0.05, 0.1) is 6.10 Å². The van der Waals surface area contributed by atoms with Crippen LogP contribution in [0.15, 0.2) is 29.3 Å². The number of likely N-dealkylation sites (N-methyl/N-ethyl adjacent to an activating group) is 1. The third-order valence-electron chi connectivity index (χ3n) is 8.76. The maximum absolute atomic E-state index is 12.2. The second-order valence-electron chi connectivity index (χ2n) is 9.86. The van der Waals surface area contributed by atoms with Crippen molar-refractivity contribution in [1.82, 2.24) is 9.88 Å². The van der Waals surface area contributed by atoms with Crippen molar-refractivity contribution in [3.63, 3.8) is 0 Å². The van der Waals surface area contributed by atoms with Gasteiger partial charge in [-0.25, -0.2) is 4.98 Å². The predicted molar refractivity (Wildman–Crippen MR) is 112 cm³/mol. The third-order valence-corrected chi connectivity index (χ3v) is 9.48. The lowest BCUT2D eigenvalue weighted by atomic mass is 9.48. The first-order valence-electron chi connectivity index (χ1n) is 10.6. The van der Waals surface area contributed by atoms with Crippen LogP contribution < -0.4 is 0 Å². The summed E-state index contributed by atoms with van der Waals surface area (Å²) >= 11 is 1.64. The first-order valence-corrected chi connectivity index (χ1v) is 11.5. The lowest BCUT2D eigenvalue weighted by Gasteiger charge is -2.59. The molecule has 1 aromatic heterocycles. The van der Waals surface area contributed by atoms with Gasteiger partial charge < -0.3 is 10.0 Å². The van der Waals surface area contributed by atoms with E-state index < -0.39 is 0 Å². The molecule has 28 heavy (non-hydrogen) atoms. The third kappa shape index (κ3) is 2.45. The molecule has 1 N–H and O–H groups in total. The van der Waals surface area contributed by atoms with Gasteiger partial charge in [-0.15, -0.1) is 11.3 Å². The molecule has 0 radical (unpaired) electrons. The van der Waals surface area contributed by atoms with E-state index in [0.717, 1.165) is 37.1 Å². The molecule has 150 valence electrons. The van der Waals surface area contributed by atoms with E-state index in [0.29, 0.717) is 23.8 Å². The molecule has 4 nitrogen and oxygen atoms in total. The number of aliphatic hydroxyl groups is 1. The molecular weight excluding hydrogens is 368 g/mol. The Morgan fingerprint density at radius 3 is 2.86 bits per heavy atom. The fourth-order valence-electron chi connectivity index (χ4n) is 7.20. The number of rotatable bonds is 1. The van der Waals surface area contributed by atoms with E-state index in [4.69, 9.17) is 0 Å². The van der Waals surface area contributed by atoms with Gasteiger partial charge in [0.2, 0.25) is 5.91 Å². The molecule has 3 fully saturated rings. The highest BCUT2D eigenvalue weighted by Gasteiger charge is 2.61. The van der Waals surface area contributed by atoms with Gasteiger partial charge in [-0.1, -0.05) is 19.9 Å². The first-order chi connectivity index (χ1) is 13.3. The van der Waals surface area contributed by atoms with E-state index in [9.17, 15) is 9.90 Å². The van der Waals surface area contributed by atoms with Gasteiger partial charge in [0.25, 0.3) is 0 Å². The highest BCUT2D eigenvalue weighted by molar-refractivity contribution is 7.10. The van der Waals surface area contributed by atoms with Gasteiger partial charge >= 0.3 is 0 Å². The molecule has 0 saturated heterocycles. The molecule has 7 atom stereocenters. The zero-order valence-electron chi connectivity index (χ0n) is 17.0. The van der Waals surface area contributed by atoms with Crippen LogP contribution in [0.5, 0.6) is 0 Å². The molecule has 1 amide bonds. The smallest absolute Gasteiger partial charge is 0.246 e. The van der Waals surface area contributed by atoms with Crippen molar-refractivity contribution in [2.75, 3.05) is 7.05 Å². The summed E-state index contributed by atoms with van der Waals surface area (Å²) in [5.74, 6) is 1.86. The summed E-state index contributed by atoms with van der Waals surface area (Å²) in [4.78, 5) is 18.6. The summed E-state index contributed by atoms with van der Waals surface area (Å²) in [5, 5.41) is 14.2. The Hall–Kier alpha value is -1.46. The van der Waals surface area contributed by atoms with Crippen LogP contribution in [0.2, 0.25) is 0 Å². The first kappa shape index (κ1) is 18.6. The molecule has 0 spiro atoms. The molecule has 2 heterocycles. The fraction of sp³-hybridized carbons (Fsp3) is 0.652. The number of nitrogens with zero attached hydrogens (tertiary/aromatic N) is 2. The number of hydrogen-bond acceptors (Lipinski definition) is 4. The van der Waals surface area contributed by atoms with Gasteiger partial charge in [-0.05, 0) is 67.6 Å². The van der Waals surface area contributed by atoms with Crippen molar-refractivity contribution in [3.8, 4) is 0 Å². The van der Waals surface area contributed by atoms with E-state index in [-0.39, 0.29) is 22.8 Å². The van der Waals surface area contributed by atoms with Crippen molar-refractivity contribution in [3.05, 3.63) is 34.3 Å². The minimum atomic E-state index is -0.362. The quantitative estimate of drug-likeness (QED) is 0.774. The van der Waals surface area contributed by atoms with Gasteiger partial charge in [0, 0.05) is 35.5 Å². The van der Waals surface area contributed by atoms with E-state index in [1.165, 1.54) is 5.57 Å². The van der Waals surface area contributed by atoms with E-state index in [1.807, 2.05) is 23.5 Å². The van der Waals surface area contributed by atoms with Crippen LogP contribution in [0.1, 0.15) is 51.0 Å². The topological polar surface area (TPSA) is 53.4 Å². The summed E-state index contributed by atoms with van der Waals surface area (Å²) in [6, 6.07) is 0.312. The number of amides is 1. The average molecular weight is 399 g/mol. The summed E-state index contributed by atoms with van der Waals surface area (Å²) in [6.45, 7) is 4.68. The van der Waals surface area contributed by atoms with Crippen molar-refractivity contribution < 1.29 is 9.90 Å². The Morgan fingerprint density at radius 2 is 2.11 bits per heavy atom. The molecule has 0 aromatic carbocycles. The zero-order chi connectivity index (χ0) is 19.7. The van der Waals surface area contributed by atoms with Crippen molar-refractivity contribution >= 4 is 23.3 Å². The average Bonchev–Trinajstić information content (AvgIpc) is 3.27. The standard InChI is InChI=1S/C23H30N2O2S/c1-22-9-7-20(26)25(3)18(22)5-4-15-16(22)6-8-23(2)17(15)12-14(21(23)27)13-19-24-10-11-28-19/h7,9-11,13,15-18,21,27H,4-6,8,12H2,1-3H3/t15-,16-,17+,18?,21?,22-,23+/m1/s1. The van der Waals surface area contributed by atoms with Crippen LogP contribution in [-0.2, 0) is 4.79 Å². The molecule has 1 aliphatic heterocycles. The largest absolute Gasteiger partial charge is 0.388 e. The Morgan fingerprint density at radius 1 is 1.29 bits per heavy atom. The van der Waals surface area contributed by atoms with Crippen molar-refractivity contribution in [1.29, 1.82) is 0 Å². The van der Waals surface area contributed by atoms with E-state index >= 15 is 0 Å². The van der Waals surface area contributed by atoms with Gasteiger partial charge in [-0.3, -0.25) is 4.79 Å². The fourth-order valence-corrected chi connectivity index (χ4v) is 7.80. The summed E-state index contributed by atoms with van der Waals surface area (Å²) in [5.41, 5.74) is 1.19. The molecule has 4 aliphatic rings. The number of aliphatic hydroxyl groups excluding tert-OH is 1. The number of thiazole rings is 1. The van der Waals surface area contributed by atoms with Crippen LogP contribution in [0.4, 0.5) is 0 Å². The molecule has 5 rings (SSSR count). The molecule has 3 aliphatic carbocycles. The zero-order valence-corrected chi connectivity index (χ0v) is 17.8. The van der Waals surface area contributed by atoms with Crippen molar-refractivity contribution in [2.45, 2.75) is 58.1 Å². The van der Waals surface area contributed by atoms with Crippen molar-refractivity contribution in [2.24, 2.45) is 28.6 Å². The van der Waals surface area contributed by atoms with Crippen LogP contribution in [0.25, 0.3) is 6.08 Å². The number of carbonyl (C=O) groups excluding carboxylic acids is 1. The van der Waals surface area contributed by atoms with Gasteiger partial charge in [0.15, 0.2) is 0 Å². The predicted octanol–water partition coefficient (Wildman–Crippen LogP) is 4.14. The minimum Gasteiger partial charge on any atom is -0.388 e. The number of hydrogen-bond donors (Lipinski definition) is 1. The SMILES string of the molecule is CN1C(=O)C=C[C@@]2(C)C1CC[C@@H]1[C@H]2CC[C@]2(C)C(O)C(=Cc3nccs3)C[C@@H]12. The minimum absolute atomic E-state index is 0.0342. The normalized spacial score (nSPS) is 46.4. The highest BCUT2D eigenvalue weighted by atomic mass is 32.1. The molecule has 0 bridgehead atoms. The lowest BCUT2D eigenvalue weighted by Crippen LogP contribution is -2.59. The van der Waals surface area contributed by atoms with Crippen LogP contribution in [0.3, 0.4) is 0 Å². The van der Waals surface area contributed by atoms with Crippen LogP contribution >= 0.6 is 11.3 Å². The second-order valence-corrected chi connectivity index (χ2v) is 10.8. The Bertz CT molecular complexity index is 847. The van der Waals surface area contributed by atoms with E-state index in [2.05, 4.69) is 31.0 Å². The molecule has 5 heteroatoms. The molecular formula is C23H30N2O2S. The molecule has 2 unspecified atom stereocenters. The maximum atomic E-state index is 12.2.